The quantitative estimate of drug-likeness (QED) is 0.719. The Kier molecular flexibility index (Phi) is 7.44. The second-order valence-corrected chi connectivity index (χ2v) is 10.0. The molecule has 1 heterocycles. The number of rotatable bonds is 7. The molecular weight excluding hydrogens is 381 g/mol. The fourth-order valence-electron chi connectivity index (χ4n) is 4.13. The van der Waals surface area contributed by atoms with Gasteiger partial charge in [0.05, 0.1) is 12.7 Å². The van der Waals surface area contributed by atoms with E-state index in [0.717, 1.165) is 50.8 Å². The van der Waals surface area contributed by atoms with E-state index >= 15 is 0 Å². The monoisotopic (exact) mass is 413 g/mol. The standard InChI is InChI=1S/C20H32FN3O3S/c1-24(2)28(25,26)23-20-10-11-22-13-17(20)14-27-19-8-6-15(7-9-19)16-4-3-5-18(21)12-16/h3-5,12,15,17,19-20,22-23H,6-11,13-14H2,1-2H3/t15-,17?,19+,20?. The highest BCUT2D eigenvalue weighted by Crippen LogP contribution is 2.34. The highest BCUT2D eigenvalue weighted by Gasteiger charge is 2.31. The summed E-state index contributed by atoms with van der Waals surface area (Å²) in [4.78, 5) is 0. The molecular formula is C20H32FN3O3S. The minimum atomic E-state index is -3.45. The molecule has 1 saturated carbocycles. The van der Waals surface area contributed by atoms with E-state index in [4.69, 9.17) is 4.74 Å². The Labute approximate surface area is 168 Å². The summed E-state index contributed by atoms with van der Waals surface area (Å²) in [6.07, 6.45) is 4.84. The van der Waals surface area contributed by atoms with Gasteiger partial charge in [0.15, 0.2) is 0 Å². The molecule has 8 heteroatoms. The second kappa shape index (κ2) is 9.63. The van der Waals surface area contributed by atoms with Crippen molar-refractivity contribution in [1.29, 1.82) is 0 Å². The van der Waals surface area contributed by atoms with Crippen LogP contribution in [-0.2, 0) is 14.9 Å². The van der Waals surface area contributed by atoms with Crippen LogP contribution in [0.1, 0.15) is 43.6 Å². The molecule has 28 heavy (non-hydrogen) atoms. The van der Waals surface area contributed by atoms with Gasteiger partial charge in [-0.05, 0) is 62.3 Å². The van der Waals surface area contributed by atoms with E-state index in [1.54, 1.807) is 12.1 Å². The van der Waals surface area contributed by atoms with Crippen molar-refractivity contribution in [2.24, 2.45) is 5.92 Å². The van der Waals surface area contributed by atoms with Gasteiger partial charge in [0, 0.05) is 32.6 Å². The van der Waals surface area contributed by atoms with Gasteiger partial charge >= 0.3 is 0 Å². The van der Waals surface area contributed by atoms with Crippen LogP contribution in [0, 0.1) is 11.7 Å². The van der Waals surface area contributed by atoms with Crippen molar-refractivity contribution >= 4 is 10.2 Å². The largest absolute Gasteiger partial charge is 0.378 e. The summed E-state index contributed by atoms with van der Waals surface area (Å²) in [5.74, 6) is 0.336. The van der Waals surface area contributed by atoms with E-state index in [-0.39, 0.29) is 23.9 Å². The fraction of sp³-hybridized carbons (Fsp3) is 0.700. The van der Waals surface area contributed by atoms with Crippen molar-refractivity contribution in [3.8, 4) is 0 Å². The van der Waals surface area contributed by atoms with Crippen LogP contribution < -0.4 is 10.0 Å². The topological polar surface area (TPSA) is 70.7 Å². The molecule has 0 radical (unpaired) electrons. The van der Waals surface area contributed by atoms with Gasteiger partial charge in [0.2, 0.25) is 0 Å². The van der Waals surface area contributed by atoms with Crippen LogP contribution in [-0.4, -0.2) is 58.7 Å². The molecule has 6 nitrogen and oxygen atoms in total. The minimum Gasteiger partial charge on any atom is -0.378 e. The first-order valence-corrected chi connectivity index (χ1v) is 11.6. The van der Waals surface area contributed by atoms with E-state index < -0.39 is 10.2 Å². The van der Waals surface area contributed by atoms with E-state index in [1.165, 1.54) is 24.5 Å². The van der Waals surface area contributed by atoms with Crippen molar-refractivity contribution < 1.29 is 17.5 Å². The number of ether oxygens (including phenoxy) is 1. The predicted octanol–water partition coefficient (Wildman–Crippen LogP) is 2.24. The first-order chi connectivity index (χ1) is 13.3. The van der Waals surface area contributed by atoms with Gasteiger partial charge in [-0.2, -0.15) is 17.4 Å². The normalized spacial score (nSPS) is 29.1. The summed E-state index contributed by atoms with van der Waals surface area (Å²) < 4.78 is 48.0. The maximum absolute atomic E-state index is 13.4. The molecule has 1 aliphatic heterocycles. The lowest BCUT2D eigenvalue weighted by Crippen LogP contribution is -2.53. The molecule has 2 atom stereocenters. The highest BCUT2D eigenvalue weighted by molar-refractivity contribution is 7.87. The summed E-state index contributed by atoms with van der Waals surface area (Å²) >= 11 is 0. The van der Waals surface area contributed by atoms with Crippen LogP contribution in [0.25, 0.3) is 0 Å². The van der Waals surface area contributed by atoms with E-state index in [0.29, 0.717) is 12.5 Å². The Balaban J connectivity index is 1.48. The minimum absolute atomic E-state index is 0.114. The first kappa shape index (κ1) is 21.6. The molecule has 1 aliphatic carbocycles. The Hall–Kier alpha value is -1.06. The van der Waals surface area contributed by atoms with Gasteiger partial charge in [-0.15, -0.1) is 0 Å². The molecule has 1 aromatic rings. The molecule has 1 saturated heterocycles. The van der Waals surface area contributed by atoms with Gasteiger partial charge in [0.25, 0.3) is 10.2 Å². The summed E-state index contributed by atoms with van der Waals surface area (Å²) in [5, 5.41) is 3.34. The molecule has 0 aromatic heterocycles. The lowest BCUT2D eigenvalue weighted by Gasteiger charge is -2.35. The van der Waals surface area contributed by atoms with Crippen LogP contribution in [0.5, 0.6) is 0 Å². The molecule has 0 spiro atoms. The van der Waals surface area contributed by atoms with E-state index in [1.807, 2.05) is 6.07 Å². The third kappa shape index (κ3) is 5.73. The maximum atomic E-state index is 13.4. The molecule has 0 bridgehead atoms. The Bertz CT molecular complexity index is 736. The first-order valence-electron chi connectivity index (χ1n) is 10.1. The van der Waals surface area contributed by atoms with E-state index in [2.05, 4.69) is 10.0 Å². The van der Waals surface area contributed by atoms with Crippen molar-refractivity contribution in [3.63, 3.8) is 0 Å². The van der Waals surface area contributed by atoms with Gasteiger partial charge in [-0.25, -0.2) is 4.39 Å². The summed E-state index contributed by atoms with van der Waals surface area (Å²) in [6, 6.07) is 6.79. The molecule has 0 amide bonds. The van der Waals surface area contributed by atoms with Crippen LogP contribution in [0.3, 0.4) is 0 Å². The highest BCUT2D eigenvalue weighted by atomic mass is 32.2. The van der Waals surface area contributed by atoms with Gasteiger partial charge in [0.1, 0.15) is 5.82 Å². The average molecular weight is 414 g/mol. The third-order valence-electron chi connectivity index (χ3n) is 5.93. The fourth-order valence-corrected chi connectivity index (χ4v) is 5.04. The van der Waals surface area contributed by atoms with Gasteiger partial charge in [-0.3, -0.25) is 0 Å². The number of nitrogens with zero attached hydrogens (tertiary/aromatic N) is 1. The molecule has 2 unspecified atom stereocenters. The maximum Gasteiger partial charge on any atom is 0.279 e. The molecule has 2 N–H and O–H groups in total. The number of halogens is 1. The van der Waals surface area contributed by atoms with Crippen molar-refractivity contribution in [3.05, 3.63) is 35.6 Å². The van der Waals surface area contributed by atoms with Crippen molar-refractivity contribution in [2.75, 3.05) is 33.8 Å². The predicted molar refractivity (Wildman–Crippen MR) is 108 cm³/mol. The zero-order chi connectivity index (χ0) is 20.1. The Morgan fingerprint density at radius 2 is 1.96 bits per heavy atom. The van der Waals surface area contributed by atoms with E-state index in [9.17, 15) is 12.8 Å². The smallest absolute Gasteiger partial charge is 0.279 e. The average Bonchev–Trinajstić information content (AvgIpc) is 2.67. The summed E-state index contributed by atoms with van der Waals surface area (Å²) in [6.45, 7) is 2.10. The number of piperidine rings is 1. The Morgan fingerprint density at radius 3 is 2.64 bits per heavy atom. The third-order valence-corrected chi connectivity index (χ3v) is 7.49. The van der Waals surface area contributed by atoms with Gasteiger partial charge in [-0.1, -0.05) is 12.1 Å². The Morgan fingerprint density at radius 1 is 1.21 bits per heavy atom. The van der Waals surface area contributed by atoms with Crippen molar-refractivity contribution in [1.82, 2.24) is 14.3 Å². The SMILES string of the molecule is CN(C)S(=O)(=O)NC1CCNCC1CO[C@H]1CC[C@@H](c2cccc(F)c2)CC1. The molecule has 3 rings (SSSR count). The number of benzene rings is 1. The zero-order valence-corrected chi connectivity index (χ0v) is 17.6. The molecule has 158 valence electrons. The lowest BCUT2D eigenvalue weighted by atomic mass is 9.82. The summed E-state index contributed by atoms with van der Waals surface area (Å²) in [7, 11) is -0.379. The van der Waals surface area contributed by atoms with Crippen LogP contribution >= 0.6 is 0 Å². The summed E-state index contributed by atoms with van der Waals surface area (Å²) in [5.41, 5.74) is 1.08. The molecule has 1 aromatic carbocycles. The van der Waals surface area contributed by atoms with Crippen LogP contribution in [0.4, 0.5) is 4.39 Å². The second-order valence-electron chi connectivity index (χ2n) is 8.13. The van der Waals surface area contributed by atoms with Crippen molar-refractivity contribution in [2.45, 2.75) is 50.2 Å². The van der Waals surface area contributed by atoms with Crippen LogP contribution in [0.2, 0.25) is 0 Å². The number of hydrogen-bond acceptors (Lipinski definition) is 4. The number of hydrogen-bond donors (Lipinski definition) is 2. The molecule has 2 aliphatic rings. The van der Waals surface area contributed by atoms with Gasteiger partial charge < -0.3 is 10.1 Å². The molecule has 2 fully saturated rings. The lowest BCUT2D eigenvalue weighted by molar-refractivity contribution is -0.00413. The van der Waals surface area contributed by atoms with Crippen LogP contribution in [0.15, 0.2) is 24.3 Å². The zero-order valence-electron chi connectivity index (χ0n) is 16.7. The number of nitrogens with one attached hydrogen (secondary N) is 2.